The molecule has 19 heavy (non-hydrogen) atoms. The van der Waals surface area contributed by atoms with E-state index in [1.807, 2.05) is 0 Å². The first-order valence-corrected chi connectivity index (χ1v) is 24.4. The first-order chi connectivity index (χ1) is 8.12. The van der Waals surface area contributed by atoms with E-state index in [1.165, 1.54) is 0 Å². The molecule has 0 fully saturated rings. The highest BCUT2D eigenvalue weighted by molar-refractivity contribution is 7.66. The highest BCUT2D eigenvalue weighted by atomic mass is 35.8. The van der Waals surface area contributed by atoms with Crippen molar-refractivity contribution in [2.75, 3.05) is 0 Å². The van der Waals surface area contributed by atoms with Gasteiger partial charge in [0.2, 0.25) is 0 Å². The molecule has 0 radical (unpaired) electrons. The molecule has 0 atom stereocenters. The maximum absolute atomic E-state index is 6.31. The van der Waals surface area contributed by atoms with E-state index in [4.69, 9.17) is 111 Å². The summed E-state index contributed by atoms with van der Waals surface area (Å²) in [5, 5.41) is 0. The van der Waals surface area contributed by atoms with Gasteiger partial charge in [-0.25, -0.2) is 0 Å². The fraction of sp³-hybridized carbons (Fsp3) is 1.00. The molecule has 0 N–H and O–H groups in total. The van der Waals surface area contributed by atoms with Crippen LogP contribution in [0.3, 0.4) is 0 Å². The van der Waals surface area contributed by atoms with Crippen molar-refractivity contribution >= 4 is 136 Å². The van der Waals surface area contributed by atoms with Gasteiger partial charge < -0.3 is 0 Å². The number of halogens is 10. The smallest absolute Gasteiger partial charge is 0.146 e. The quantitative estimate of drug-likeness (QED) is 0.220. The van der Waals surface area contributed by atoms with E-state index in [-0.39, 0.29) is 0 Å². The van der Waals surface area contributed by atoms with Gasteiger partial charge in [-0.2, -0.15) is 0 Å². The van der Waals surface area contributed by atoms with Crippen molar-refractivity contribution in [1.29, 1.82) is 0 Å². The minimum Gasteiger partial charge on any atom is -0.146 e. The van der Waals surface area contributed by atoms with Gasteiger partial charge >= 0.3 is 12.0 Å². The molecule has 0 aromatic rings. The van der Waals surface area contributed by atoms with E-state index in [0.29, 0.717) is 29.8 Å². The normalized spacial score (nSPS) is 14.8. The van der Waals surface area contributed by atoms with Crippen molar-refractivity contribution in [3.63, 3.8) is 0 Å². The number of hydrogen-bond donors (Lipinski definition) is 0. The van der Waals surface area contributed by atoms with Gasteiger partial charge in [0, 0.05) is 0 Å². The van der Waals surface area contributed by atoms with Crippen LogP contribution in [0.25, 0.3) is 0 Å². The molecule has 0 aliphatic rings. The summed E-state index contributed by atoms with van der Waals surface area (Å²) in [6, 6.07) is -3.76. The highest BCUT2D eigenvalue weighted by Gasteiger charge is 2.44. The SMILES string of the molecule is Cl[Si](Cl)(Cl)CC[Si](Cl)(Cl)C[Si](Cl)(Cl)CC[Si](Cl)(Cl)Cl. The molecule has 0 aliphatic heterocycles. The summed E-state index contributed by atoms with van der Waals surface area (Å²) >= 11 is 60.1. The summed E-state index contributed by atoms with van der Waals surface area (Å²) in [5.74, 6) is 0. The van der Waals surface area contributed by atoms with Crippen LogP contribution in [0.4, 0.5) is 0 Å². The Morgan fingerprint density at radius 2 is 0.684 bits per heavy atom. The third-order valence-electron chi connectivity index (χ3n) is 2.07. The Bertz CT molecular complexity index is 255. The van der Waals surface area contributed by atoms with E-state index in [0.717, 1.165) is 0 Å². The van der Waals surface area contributed by atoms with Crippen LogP contribution in [-0.2, 0) is 0 Å². The van der Waals surface area contributed by atoms with Gasteiger partial charge in [-0.15, -0.1) is 111 Å². The average molecular weight is 537 g/mol. The third kappa shape index (κ3) is 15.1. The summed E-state index contributed by atoms with van der Waals surface area (Å²) in [4.78, 5) is 0. The second-order valence-electron chi connectivity index (χ2n) is 4.12. The number of hydrogen-bond acceptors (Lipinski definition) is 0. The Hall–Kier alpha value is 3.77. The largest absolute Gasteiger partial charge is 0.341 e. The molecule has 116 valence electrons. The Morgan fingerprint density at radius 3 is 0.895 bits per heavy atom. The molecular weight excluding hydrogens is 527 g/mol. The third-order valence-corrected chi connectivity index (χ3v) is 21.3. The van der Waals surface area contributed by atoms with Crippen molar-refractivity contribution in [3.8, 4) is 0 Å². The van der Waals surface area contributed by atoms with Gasteiger partial charge in [0.05, 0.1) is 0 Å². The zero-order valence-corrected chi connectivity index (χ0v) is 20.9. The topological polar surface area (TPSA) is 0 Å². The molecule has 0 heterocycles. The van der Waals surface area contributed by atoms with Crippen LogP contribution in [0.5, 0.6) is 0 Å². The first-order valence-electron chi connectivity index (χ1n) is 5.01. The molecule has 0 spiro atoms. The Kier molecular flexibility index (Phi) is 10.5. The molecular formula is C5H10Cl10Si4. The Morgan fingerprint density at radius 1 is 0.421 bits per heavy atom. The zero-order chi connectivity index (χ0) is 15.5. The minimum atomic E-state index is -2.74. The first kappa shape index (κ1) is 22.8. The molecule has 0 aliphatic carbocycles. The van der Waals surface area contributed by atoms with E-state index in [9.17, 15) is 0 Å². The second-order valence-corrected chi connectivity index (χ2v) is 38.4. The van der Waals surface area contributed by atoms with E-state index in [2.05, 4.69) is 0 Å². The predicted molar refractivity (Wildman–Crippen MR) is 106 cm³/mol. The van der Waals surface area contributed by atoms with Crippen molar-refractivity contribution in [2.24, 2.45) is 0 Å². The van der Waals surface area contributed by atoms with E-state index >= 15 is 0 Å². The van der Waals surface area contributed by atoms with Crippen molar-refractivity contribution in [3.05, 3.63) is 0 Å². The Labute approximate surface area is 164 Å². The average Bonchev–Trinajstić information content (AvgIpc) is 2.09. The van der Waals surface area contributed by atoms with Gasteiger partial charge in [0.25, 0.3) is 13.4 Å². The van der Waals surface area contributed by atoms with Gasteiger partial charge in [0.15, 0.2) is 0 Å². The standard InChI is InChI=1S/C5H10Cl10Si4/c6-16(7,1-3-18(10,11)12)5-17(8,9)2-4-19(13,14)15/h1-5H2. The molecule has 0 amide bonds. The van der Waals surface area contributed by atoms with Crippen molar-refractivity contribution in [2.45, 2.75) is 29.8 Å². The lowest BCUT2D eigenvalue weighted by Crippen LogP contribution is -2.34. The lowest BCUT2D eigenvalue weighted by Gasteiger charge is -2.25. The molecule has 0 rings (SSSR count). The van der Waals surface area contributed by atoms with Gasteiger partial charge in [-0.3, -0.25) is 0 Å². The van der Waals surface area contributed by atoms with Gasteiger partial charge in [-0.05, 0) is 29.8 Å². The molecule has 0 saturated carbocycles. The maximum atomic E-state index is 6.31. The molecule has 0 aromatic carbocycles. The summed E-state index contributed by atoms with van der Waals surface area (Å²) in [6.07, 6.45) is 0. The van der Waals surface area contributed by atoms with Crippen LogP contribution >= 0.6 is 111 Å². The van der Waals surface area contributed by atoms with Crippen molar-refractivity contribution < 1.29 is 0 Å². The Balaban J connectivity index is 4.37. The molecule has 14 heteroatoms. The molecule has 0 bridgehead atoms. The van der Waals surface area contributed by atoms with Crippen molar-refractivity contribution in [1.82, 2.24) is 0 Å². The minimum absolute atomic E-state index is 0.372. The van der Waals surface area contributed by atoms with Gasteiger partial charge in [-0.1, -0.05) is 0 Å². The highest BCUT2D eigenvalue weighted by Crippen LogP contribution is 2.42. The number of rotatable bonds is 8. The summed E-state index contributed by atoms with van der Waals surface area (Å²) in [5.41, 5.74) is 0.372. The summed E-state index contributed by atoms with van der Waals surface area (Å²) < 4.78 is 0. The lowest BCUT2D eigenvalue weighted by molar-refractivity contribution is 1.35. The van der Waals surface area contributed by atoms with Crippen LogP contribution in [0.15, 0.2) is 0 Å². The second kappa shape index (κ2) is 8.74. The van der Waals surface area contributed by atoms with Crippen LogP contribution in [0.2, 0.25) is 29.8 Å². The monoisotopic (exact) mass is 532 g/mol. The zero-order valence-electron chi connectivity index (χ0n) is 9.32. The molecule has 0 saturated heterocycles. The van der Waals surface area contributed by atoms with Crippen LogP contribution in [-0.4, -0.2) is 25.4 Å². The molecule has 0 aromatic heterocycles. The fourth-order valence-electron chi connectivity index (χ4n) is 1.20. The van der Waals surface area contributed by atoms with E-state index < -0.39 is 25.4 Å². The van der Waals surface area contributed by atoms with E-state index in [1.54, 1.807) is 0 Å². The molecule has 0 nitrogen and oxygen atoms in total. The van der Waals surface area contributed by atoms with Gasteiger partial charge in [0.1, 0.15) is 0 Å². The summed E-state index contributed by atoms with van der Waals surface area (Å²) in [6.45, 7) is -5.27. The van der Waals surface area contributed by atoms with Crippen LogP contribution in [0.1, 0.15) is 0 Å². The predicted octanol–water partition coefficient (Wildman–Crippen LogP) is 7.68. The maximum Gasteiger partial charge on any atom is 0.341 e. The lowest BCUT2D eigenvalue weighted by atomic mass is 10.9. The molecule has 0 unspecified atom stereocenters. The van der Waals surface area contributed by atoms with Crippen LogP contribution < -0.4 is 0 Å². The summed E-state index contributed by atoms with van der Waals surface area (Å²) in [7, 11) is 0. The fourth-order valence-corrected chi connectivity index (χ4v) is 30.0. The van der Waals surface area contributed by atoms with Crippen LogP contribution in [0, 0.1) is 0 Å².